The number of nitrogens with one attached hydrogen (secondary N) is 2. The van der Waals surface area contributed by atoms with E-state index in [9.17, 15) is 9.59 Å². The molecule has 0 saturated carbocycles. The van der Waals surface area contributed by atoms with Gasteiger partial charge >= 0.3 is 0 Å². The molecule has 33 heavy (non-hydrogen) atoms. The van der Waals surface area contributed by atoms with Gasteiger partial charge in [-0.25, -0.2) is 0 Å². The van der Waals surface area contributed by atoms with Gasteiger partial charge in [-0.15, -0.1) is 0 Å². The highest BCUT2D eigenvalue weighted by molar-refractivity contribution is 6.13. The molecule has 0 fully saturated rings. The van der Waals surface area contributed by atoms with Crippen LogP contribution in [0.25, 0.3) is 16.8 Å². The highest BCUT2D eigenvalue weighted by Crippen LogP contribution is 2.28. The fraction of sp³-hybridized carbons (Fsp3) is 0.0769. The van der Waals surface area contributed by atoms with Gasteiger partial charge in [-0.1, -0.05) is 36.4 Å². The van der Waals surface area contributed by atoms with E-state index in [1.54, 1.807) is 36.4 Å². The number of methoxy groups -OCH3 is 2. The van der Waals surface area contributed by atoms with Crippen LogP contribution in [0.2, 0.25) is 0 Å². The van der Waals surface area contributed by atoms with E-state index >= 15 is 0 Å². The van der Waals surface area contributed by atoms with Gasteiger partial charge in [-0.2, -0.15) is 0 Å². The first-order valence-electron chi connectivity index (χ1n) is 10.2. The van der Waals surface area contributed by atoms with Gasteiger partial charge in [0.15, 0.2) is 11.5 Å². The molecule has 0 saturated heterocycles. The molecular weight excluding hydrogens is 420 g/mol. The van der Waals surface area contributed by atoms with Crippen molar-refractivity contribution in [2.75, 3.05) is 19.5 Å². The van der Waals surface area contributed by atoms with Crippen LogP contribution in [-0.2, 0) is 4.79 Å². The van der Waals surface area contributed by atoms with Crippen LogP contribution < -0.4 is 20.1 Å². The summed E-state index contributed by atoms with van der Waals surface area (Å²) in [6.07, 6.45) is 2.96. The Bertz CT molecular complexity index is 1320. The highest BCUT2D eigenvalue weighted by Gasteiger charge is 2.18. The van der Waals surface area contributed by atoms with Crippen molar-refractivity contribution >= 4 is 34.4 Å². The van der Waals surface area contributed by atoms with E-state index < -0.39 is 11.8 Å². The topological polar surface area (TPSA) is 89.8 Å². The standard InChI is InChI=1S/C26H22N2O5/c1-31-23-13-12-18(15-24(23)32-2)25(29)28-22(16-19-9-6-14-33-19)26(30)27-21-11-5-8-17-7-3-4-10-20(17)21/h3-16H,1-2H3,(H,27,30)(H,28,29)/b22-16-. The first-order chi connectivity index (χ1) is 16.1. The molecular formula is C26H22N2O5. The molecule has 0 bridgehead atoms. The van der Waals surface area contributed by atoms with Crippen molar-refractivity contribution in [3.8, 4) is 11.5 Å². The Hall–Kier alpha value is -4.52. The fourth-order valence-corrected chi connectivity index (χ4v) is 3.37. The van der Waals surface area contributed by atoms with Crippen molar-refractivity contribution in [3.63, 3.8) is 0 Å². The molecule has 4 aromatic rings. The highest BCUT2D eigenvalue weighted by atomic mass is 16.5. The minimum atomic E-state index is -0.489. The summed E-state index contributed by atoms with van der Waals surface area (Å²) in [6, 6.07) is 21.5. The summed E-state index contributed by atoms with van der Waals surface area (Å²) in [5, 5.41) is 7.44. The summed E-state index contributed by atoms with van der Waals surface area (Å²) in [4.78, 5) is 26.2. The van der Waals surface area contributed by atoms with Crippen LogP contribution in [0.15, 0.2) is 89.2 Å². The van der Waals surface area contributed by atoms with Crippen molar-refractivity contribution in [2.45, 2.75) is 0 Å². The summed E-state index contributed by atoms with van der Waals surface area (Å²) < 4.78 is 15.8. The molecule has 0 unspecified atom stereocenters. The zero-order chi connectivity index (χ0) is 23.2. The quantitative estimate of drug-likeness (QED) is 0.399. The van der Waals surface area contributed by atoms with Crippen LogP contribution in [0.4, 0.5) is 5.69 Å². The number of carbonyl (C=O) groups excluding carboxylic acids is 2. The van der Waals surface area contributed by atoms with E-state index in [0.29, 0.717) is 28.5 Å². The number of amides is 2. The lowest BCUT2D eigenvalue weighted by atomic mass is 10.1. The monoisotopic (exact) mass is 442 g/mol. The summed E-state index contributed by atoms with van der Waals surface area (Å²) in [6.45, 7) is 0. The van der Waals surface area contributed by atoms with Gasteiger partial charge in [0.2, 0.25) is 0 Å². The fourth-order valence-electron chi connectivity index (χ4n) is 3.37. The van der Waals surface area contributed by atoms with Gasteiger partial charge in [0.05, 0.1) is 20.5 Å². The van der Waals surface area contributed by atoms with Gasteiger partial charge in [0, 0.05) is 22.7 Å². The normalized spacial score (nSPS) is 11.2. The Morgan fingerprint density at radius 1 is 0.879 bits per heavy atom. The van der Waals surface area contributed by atoms with E-state index in [-0.39, 0.29) is 5.70 Å². The molecule has 166 valence electrons. The van der Waals surface area contributed by atoms with Gasteiger partial charge in [-0.05, 0) is 41.8 Å². The smallest absolute Gasteiger partial charge is 0.272 e. The maximum atomic E-state index is 13.2. The minimum Gasteiger partial charge on any atom is -0.493 e. The SMILES string of the molecule is COc1ccc(C(=O)N/C(=C\c2ccco2)C(=O)Nc2cccc3ccccc23)cc1OC. The van der Waals surface area contributed by atoms with Crippen molar-refractivity contribution in [3.05, 3.63) is 96.1 Å². The first-order valence-corrected chi connectivity index (χ1v) is 10.2. The average molecular weight is 442 g/mol. The second-order valence-corrected chi connectivity index (χ2v) is 7.08. The predicted molar refractivity (Wildman–Crippen MR) is 126 cm³/mol. The molecule has 0 aliphatic rings. The van der Waals surface area contributed by atoms with Crippen LogP contribution in [0.3, 0.4) is 0 Å². The average Bonchev–Trinajstić information content (AvgIpc) is 3.36. The van der Waals surface area contributed by atoms with E-state index in [0.717, 1.165) is 10.8 Å². The summed E-state index contributed by atoms with van der Waals surface area (Å²) in [5.74, 6) is 0.347. The number of rotatable bonds is 7. The Morgan fingerprint density at radius 3 is 2.42 bits per heavy atom. The lowest BCUT2D eigenvalue weighted by Gasteiger charge is -2.13. The second kappa shape index (κ2) is 9.74. The lowest BCUT2D eigenvalue weighted by Crippen LogP contribution is -2.30. The number of hydrogen-bond acceptors (Lipinski definition) is 5. The minimum absolute atomic E-state index is 0.0256. The molecule has 0 spiro atoms. The van der Waals surface area contributed by atoms with Crippen LogP contribution in [-0.4, -0.2) is 26.0 Å². The molecule has 0 aliphatic carbocycles. The molecule has 7 heteroatoms. The molecule has 0 radical (unpaired) electrons. The zero-order valence-electron chi connectivity index (χ0n) is 18.1. The van der Waals surface area contributed by atoms with Crippen LogP contribution in [0.5, 0.6) is 11.5 Å². The third kappa shape index (κ3) is 4.88. The van der Waals surface area contributed by atoms with Crippen LogP contribution >= 0.6 is 0 Å². The van der Waals surface area contributed by atoms with E-state index in [2.05, 4.69) is 10.6 Å². The Morgan fingerprint density at radius 2 is 1.67 bits per heavy atom. The maximum Gasteiger partial charge on any atom is 0.272 e. The molecule has 1 heterocycles. The molecule has 0 aliphatic heterocycles. The number of benzene rings is 3. The Kier molecular flexibility index (Phi) is 6.40. The van der Waals surface area contributed by atoms with Crippen molar-refractivity contribution < 1.29 is 23.5 Å². The molecule has 3 aromatic carbocycles. The largest absolute Gasteiger partial charge is 0.493 e. The summed E-state index contributed by atoms with van der Waals surface area (Å²) in [5.41, 5.74) is 0.956. The molecule has 1 aromatic heterocycles. The number of hydrogen-bond donors (Lipinski definition) is 2. The van der Waals surface area contributed by atoms with Crippen LogP contribution in [0.1, 0.15) is 16.1 Å². The third-order valence-electron chi connectivity index (χ3n) is 5.01. The molecule has 2 amide bonds. The van der Waals surface area contributed by atoms with E-state index in [4.69, 9.17) is 13.9 Å². The van der Waals surface area contributed by atoms with Gasteiger partial charge < -0.3 is 24.5 Å². The van der Waals surface area contributed by atoms with Crippen molar-refractivity contribution in [2.24, 2.45) is 0 Å². The number of anilines is 1. The van der Waals surface area contributed by atoms with Gasteiger partial charge in [0.1, 0.15) is 11.5 Å². The number of ether oxygens (including phenoxy) is 2. The van der Waals surface area contributed by atoms with Gasteiger partial charge in [0.25, 0.3) is 11.8 Å². The number of carbonyl (C=O) groups is 2. The lowest BCUT2D eigenvalue weighted by molar-refractivity contribution is -0.113. The number of fused-ring (bicyclic) bond motifs is 1. The number of furan rings is 1. The molecule has 0 atom stereocenters. The van der Waals surface area contributed by atoms with Crippen LogP contribution in [0, 0.1) is 0 Å². The van der Waals surface area contributed by atoms with Gasteiger partial charge in [-0.3, -0.25) is 9.59 Å². The first kappa shape index (κ1) is 21.7. The maximum absolute atomic E-state index is 13.2. The molecule has 7 nitrogen and oxygen atoms in total. The zero-order valence-corrected chi connectivity index (χ0v) is 18.1. The van der Waals surface area contributed by atoms with Crippen molar-refractivity contribution in [1.29, 1.82) is 0 Å². The summed E-state index contributed by atoms with van der Waals surface area (Å²) >= 11 is 0. The molecule has 2 N–H and O–H groups in total. The Labute approximate surface area is 190 Å². The second-order valence-electron chi connectivity index (χ2n) is 7.08. The summed E-state index contributed by atoms with van der Waals surface area (Å²) in [7, 11) is 3.00. The van der Waals surface area contributed by atoms with Crippen molar-refractivity contribution in [1.82, 2.24) is 5.32 Å². The predicted octanol–water partition coefficient (Wildman–Crippen LogP) is 4.86. The van der Waals surface area contributed by atoms with E-state index in [1.807, 2.05) is 36.4 Å². The third-order valence-corrected chi connectivity index (χ3v) is 5.01. The van der Waals surface area contributed by atoms with E-state index in [1.165, 1.54) is 26.6 Å². The molecule has 4 rings (SSSR count). The Balaban J connectivity index is 1.63.